The summed E-state index contributed by atoms with van der Waals surface area (Å²) in [5.41, 5.74) is -3.31. The number of rotatable bonds is 11. The van der Waals surface area contributed by atoms with Gasteiger partial charge < -0.3 is 15.2 Å². The summed E-state index contributed by atoms with van der Waals surface area (Å²) in [6.45, 7) is 0.864. The Hall–Kier alpha value is -2.91. The molecule has 1 aromatic carbocycles. The monoisotopic (exact) mass is 604 g/mol. The Balaban J connectivity index is 2.00. The Morgan fingerprint density at radius 1 is 1.32 bits per heavy atom. The molecule has 2 N–H and O–H groups in total. The van der Waals surface area contributed by atoms with Crippen molar-refractivity contribution in [3.8, 4) is 23.1 Å². The average Bonchev–Trinajstić information content (AvgIpc) is 3.19. The van der Waals surface area contributed by atoms with Crippen LogP contribution >= 0.6 is 11.6 Å². The summed E-state index contributed by atoms with van der Waals surface area (Å²) in [6, 6.07) is 5.73. The van der Waals surface area contributed by atoms with Gasteiger partial charge in [0, 0.05) is 25.1 Å². The van der Waals surface area contributed by atoms with Crippen LogP contribution in [0.2, 0.25) is 5.02 Å². The van der Waals surface area contributed by atoms with Gasteiger partial charge in [0.1, 0.15) is 5.75 Å². The Morgan fingerprint density at radius 2 is 1.98 bits per heavy atom. The second-order valence-electron chi connectivity index (χ2n) is 11.4. The molecule has 1 heterocycles. The number of nitriles is 1. The van der Waals surface area contributed by atoms with Crippen LogP contribution in [0.1, 0.15) is 75.3 Å². The summed E-state index contributed by atoms with van der Waals surface area (Å²) in [5, 5.41) is 26.6. The number of aromatic nitrogens is 2. The number of carbonyl (C=O) groups is 1. The third kappa shape index (κ3) is 8.10. The lowest BCUT2D eigenvalue weighted by molar-refractivity contribution is -0.211. The molecule has 0 aliphatic heterocycles. The Kier molecular flexibility index (Phi) is 10.3. The number of carbonyl (C=O) groups excluding carboxylic acids is 1. The number of hydrogen-bond acceptors (Lipinski definition) is 5. The lowest BCUT2D eigenvalue weighted by atomic mass is 9.79. The first-order valence-electron chi connectivity index (χ1n) is 13.4. The third-order valence-electron chi connectivity index (χ3n) is 7.48. The molecule has 0 atom stereocenters. The molecule has 1 amide bonds. The van der Waals surface area contributed by atoms with E-state index in [2.05, 4.69) is 17.3 Å². The standard InChI is InChI=1S/C28H34ClF5N4O3/c1-17-8-10-27(40,11-9-17)16-36-24(39)22-21(29)23(38(37-22)13-5-4-12-35)19-7-6-18(14-20(19)41-25(30)31)15-26(2,3)28(32,33)34/h6-7,14,17,25,40H,4-5,8-11,13,15-16H2,1-3H3,(H,36,39). The van der Waals surface area contributed by atoms with E-state index in [4.69, 9.17) is 21.6 Å². The maximum absolute atomic E-state index is 13.5. The average molecular weight is 605 g/mol. The van der Waals surface area contributed by atoms with Crippen molar-refractivity contribution >= 4 is 17.5 Å². The van der Waals surface area contributed by atoms with Crippen molar-refractivity contribution in [2.24, 2.45) is 11.3 Å². The van der Waals surface area contributed by atoms with E-state index in [1.807, 2.05) is 6.07 Å². The van der Waals surface area contributed by atoms with E-state index in [-0.39, 0.29) is 47.0 Å². The van der Waals surface area contributed by atoms with E-state index in [1.54, 1.807) is 0 Å². The Labute approximate surface area is 240 Å². The van der Waals surface area contributed by atoms with Crippen LogP contribution in [0.25, 0.3) is 11.3 Å². The highest BCUT2D eigenvalue weighted by molar-refractivity contribution is 6.36. The molecule has 2 aromatic rings. The first kappa shape index (κ1) is 32.6. The molecular formula is C28H34ClF5N4O3. The van der Waals surface area contributed by atoms with Crippen molar-refractivity contribution in [1.29, 1.82) is 5.26 Å². The lowest BCUT2D eigenvalue weighted by Crippen LogP contribution is -2.45. The topological polar surface area (TPSA) is 100 Å². The number of ether oxygens (including phenoxy) is 1. The van der Waals surface area contributed by atoms with Crippen LogP contribution in [-0.4, -0.2) is 45.7 Å². The van der Waals surface area contributed by atoms with E-state index >= 15 is 0 Å². The van der Waals surface area contributed by atoms with Crippen molar-refractivity contribution in [2.75, 3.05) is 6.54 Å². The van der Waals surface area contributed by atoms with Gasteiger partial charge in [-0.3, -0.25) is 9.48 Å². The molecule has 13 heteroatoms. The molecule has 0 spiro atoms. The van der Waals surface area contributed by atoms with Crippen LogP contribution in [0, 0.1) is 22.7 Å². The highest BCUT2D eigenvalue weighted by Crippen LogP contribution is 2.43. The molecule has 7 nitrogen and oxygen atoms in total. The van der Waals surface area contributed by atoms with Crippen molar-refractivity contribution < 1.29 is 36.6 Å². The predicted molar refractivity (Wildman–Crippen MR) is 143 cm³/mol. The summed E-state index contributed by atoms with van der Waals surface area (Å²) in [7, 11) is 0. The van der Waals surface area contributed by atoms with Crippen LogP contribution < -0.4 is 10.1 Å². The van der Waals surface area contributed by atoms with Gasteiger partial charge in [0.25, 0.3) is 5.91 Å². The number of benzene rings is 1. The SMILES string of the molecule is CC1CCC(O)(CNC(=O)c2nn(CCCC#N)c(-c3ccc(CC(C)(C)C(F)(F)F)cc3OC(F)F)c2Cl)CC1. The summed E-state index contributed by atoms with van der Waals surface area (Å²) in [4.78, 5) is 13.1. The number of amides is 1. The second kappa shape index (κ2) is 12.9. The van der Waals surface area contributed by atoms with Gasteiger partial charge in [-0.1, -0.05) is 38.4 Å². The minimum Gasteiger partial charge on any atom is -0.434 e. The number of halogens is 6. The van der Waals surface area contributed by atoms with Crippen molar-refractivity contribution in [1.82, 2.24) is 15.1 Å². The number of hydrogen-bond donors (Lipinski definition) is 2. The van der Waals surface area contributed by atoms with Gasteiger partial charge in [-0.25, -0.2) is 0 Å². The van der Waals surface area contributed by atoms with Gasteiger partial charge in [-0.05, 0) is 62.1 Å². The molecule has 0 bridgehead atoms. The molecular weight excluding hydrogens is 571 g/mol. The molecule has 1 aliphatic rings. The summed E-state index contributed by atoms with van der Waals surface area (Å²) in [6.07, 6.45) is -1.95. The molecule has 1 aliphatic carbocycles. The number of alkyl halides is 5. The van der Waals surface area contributed by atoms with E-state index in [0.29, 0.717) is 25.2 Å². The smallest absolute Gasteiger partial charge is 0.394 e. The van der Waals surface area contributed by atoms with Crippen LogP contribution in [0.4, 0.5) is 22.0 Å². The van der Waals surface area contributed by atoms with Crippen LogP contribution in [0.5, 0.6) is 5.75 Å². The lowest BCUT2D eigenvalue weighted by Gasteiger charge is -2.34. The highest BCUT2D eigenvalue weighted by Gasteiger charge is 2.47. The number of aryl methyl sites for hydroxylation is 1. The molecule has 0 saturated heterocycles. The van der Waals surface area contributed by atoms with Crippen molar-refractivity contribution in [2.45, 2.75) is 90.7 Å². The minimum absolute atomic E-state index is 0.00716. The zero-order valence-corrected chi connectivity index (χ0v) is 23.9. The quantitative estimate of drug-likeness (QED) is 0.214. The Bertz CT molecular complexity index is 1260. The first-order chi connectivity index (χ1) is 19.1. The fourth-order valence-corrected chi connectivity index (χ4v) is 5.12. The molecule has 1 saturated carbocycles. The molecule has 1 fully saturated rings. The maximum Gasteiger partial charge on any atom is 0.394 e. The summed E-state index contributed by atoms with van der Waals surface area (Å²) in [5.74, 6) is -0.652. The number of unbranched alkanes of at least 4 members (excludes halogenated alkanes) is 1. The van der Waals surface area contributed by atoms with Gasteiger partial charge in [0.05, 0.1) is 27.8 Å². The normalized spacial score (nSPS) is 19.7. The van der Waals surface area contributed by atoms with E-state index in [0.717, 1.165) is 32.8 Å². The molecule has 226 valence electrons. The van der Waals surface area contributed by atoms with E-state index in [9.17, 15) is 31.9 Å². The van der Waals surface area contributed by atoms with Crippen LogP contribution in [0.3, 0.4) is 0 Å². The largest absolute Gasteiger partial charge is 0.434 e. The van der Waals surface area contributed by atoms with Gasteiger partial charge in [-0.15, -0.1) is 0 Å². The van der Waals surface area contributed by atoms with Crippen molar-refractivity contribution in [3.05, 3.63) is 34.5 Å². The maximum atomic E-state index is 13.5. The zero-order chi connectivity index (χ0) is 30.6. The van der Waals surface area contributed by atoms with Gasteiger partial charge in [0.2, 0.25) is 0 Å². The van der Waals surface area contributed by atoms with Gasteiger partial charge >= 0.3 is 12.8 Å². The predicted octanol–water partition coefficient (Wildman–Crippen LogP) is 6.91. The molecule has 0 unspecified atom stereocenters. The van der Waals surface area contributed by atoms with E-state index < -0.39 is 41.9 Å². The first-order valence-corrected chi connectivity index (χ1v) is 13.7. The van der Waals surface area contributed by atoms with Gasteiger partial charge in [0.15, 0.2) is 5.69 Å². The Morgan fingerprint density at radius 3 is 2.56 bits per heavy atom. The number of aliphatic hydroxyl groups is 1. The van der Waals surface area contributed by atoms with E-state index in [1.165, 1.54) is 16.8 Å². The van der Waals surface area contributed by atoms with Crippen LogP contribution in [-0.2, 0) is 13.0 Å². The second-order valence-corrected chi connectivity index (χ2v) is 11.7. The fourth-order valence-electron chi connectivity index (χ4n) is 4.79. The summed E-state index contributed by atoms with van der Waals surface area (Å²) < 4.78 is 73.2. The molecule has 1 aromatic heterocycles. The highest BCUT2D eigenvalue weighted by atomic mass is 35.5. The minimum atomic E-state index is -4.54. The molecule has 41 heavy (non-hydrogen) atoms. The fraction of sp³-hybridized carbons (Fsp3) is 0.607. The summed E-state index contributed by atoms with van der Waals surface area (Å²) >= 11 is 6.60. The molecule has 0 radical (unpaired) electrons. The van der Waals surface area contributed by atoms with Gasteiger partial charge in [-0.2, -0.15) is 32.3 Å². The third-order valence-corrected chi connectivity index (χ3v) is 7.84. The number of nitrogens with one attached hydrogen (secondary N) is 1. The number of nitrogens with zero attached hydrogens (tertiary/aromatic N) is 3. The van der Waals surface area contributed by atoms with Crippen LogP contribution in [0.15, 0.2) is 18.2 Å². The zero-order valence-electron chi connectivity index (χ0n) is 23.1. The van der Waals surface area contributed by atoms with Crippen molar-refractivity contribution in [3.63, 3.8) is 0 Å². The molecule has 3 rings (SSSR count).